The number of rotatable bonds is 4. The largest absolute Gasteiger partial charge is 0.493 e. The van der Waals surface area contributed by atoms with Gasteiger partial charge in [-0.2, -0.15) is 0 Å². The van der Waals surface area contributed by atoms with Crippen molar-refractivity contribution in [1.82, 2.24) is 0 Å². The summed E-state index contributed by atoms with van der Waals surface area (Å²) in [5, 5.41) is -0.402. The molecule has 0 bridgehead atoms. The van der Waals surface area contributed by atoms with Crippen molar-refractivity contribution in [3.8, 4) is 11.5 Å². The molecular weight excluding hydrogens is 424 g/mol. The van der Waals surface area contributed by atoms with Gasteiger partial charge in [0.25, 0.3) is 0 Å². The molecule has 1 fully saturated rings. The summed E-state index contributed by atoms with van der Waals surface area (Å²) in [6.45, 7) is 0. The van der Waals surface area contributed by atoms with Crippen molar-refractivity contribution in [3.63, 3.8) is 0 Å². The highest BCUT2D eigenvalue weighted by Gasteiger charge is 2.36. The molecule has 1 aromatic rings. The lowest BCUT2D eigenvalue weighted by Crippen LogP contribution is -2.31. The Kier molecular flexibility index (Phi) is 5.59. The Bertz CT molecular complexity index is 616. The lowest BCUT2D eigenvalue weighted by atomic mass is 10.0. The summed E-state index contributed by atoms with van der Waals surface area (Å²) >= 11 is 7.07. The molecule has 2 unspecified atom stereocenters. The normalized spacial score (nSPS) is 22.6. The Morgan fingerprint density at radius 1 is 1.19 bits per heavy atom. The van der Waals surface area contributed by atoms with Crippen LogP contribution in [0.4, 0.5) is 0 Å². The fourth-order valence-corrected chi connectivity index (χ4v) is 7.04. The molecule has 1 aromatic carbocycles. The van der Waals surface area contributed by atoms with Crippen LogP contribution in [0.3, 0.4) is 0 Å². The molecule has 1 heterocycles. The van der Waals surface area contributed by atoms with E-state index in [2.05, 4.69) is 31.9 Å². The standard InChI is InChI=1S/C14H18Br2O4S/c1-19-11-7-9(10(15)8-12(11)20-2)14(16)13-5-3-4-6-21(13,17)18/h7-8,13-14H,3-6H2,1-2H3. The van der Waals surface area contributed by atoms with Gasteiger partial charge < -0.3 is 9.47 Å². The van der Waals surface area contributed by atoms with Gasteiger partial charge in [0, 0.05) is 4.47 Å². The smallest absolute Gasteiger partial charge is 0.161 e. The van der Waals surface area contributed by atoms with Crippen LogP contribution in [0.5, 0.6) is 11.5 Å². The summed E-state index contributed by atoms with van der Waals surface area (Å²) in [5.74, 6) is 1.47. The number of sulfone groups is 1. The Labute approximate surface area is 142 Å². The third kappa shape index (κ3) is 3.56. The first-order valence-corrected chi connectivity index (χ1v) is 10.1. The molecule has 1 saturated heterocycles. The summed E-state index contributed by atoms with van der Waals surface area (Å²) in [7, 11) is 0.0735. The van der Waals surface area contributed by atoms with Gasteiger partial charge in [0.1, 0.15) is 0 Å². The fourth-order valence-electron chi connectivity index (χ4n) is 2.59. The monoisotopic (exact) mass is 440 g/mol. The second kappa shape index (κ2) is 6.87. The van der Waals surface area contributed by atoms with E-state index in [1.165, 1.54) is 0 Å². The summed E-state index contributed by atoms with van der Waals surface area (Å²) < 4.78 is 35.9. The van der Waals surface area contributed by atoms with E-state index in [9.17, 15) is 8.42 Å². The number of halogens is 2. The highest BCUT2D eigenvalue weighted by atomic mass is 79.9. The van der Waals surface area contributed by atoms with Crippen molar-refractivity contribution < 1.29 is 17.9 Å². The molecule has 2 atom stereocenters. The molecular formula is C14H18Br2O4S. The van der Waals surface area contributed by atoms with Crippen LogP contribution < -0.4 is 9.47 Å². The SMILES string of the molecule is COc1cc(Br)c(C(Br)C2CCCCS2(=O)=O)cc1OC. The average Bonchev–Trinajstić information content (AvgIpc) is 2.45. The summed E-state index contributed by atoms with van der Waals surface area (Å²) in [6.07, 6.45) is 2.38. The van der Waals surface area contributed by atoms with E-state index in [1.807, 2.05) is 6.07 Å². The Morgan fingerprint density at radius 3 is 2.38 bits per heavy atom. The summed E-state index contributed by atoms with van der Waals surface area (Å²) in [5.41, 5.74) is 0.864. The van der Waals surface area contributed by atoms with Crippen LogP contribution in [0.15, 0.2) is 16.6 Å². The molecule has 0 aliphatic carbocycles. The number of methoxy groups -OCH3 is 2. The van der Waals surface area contributed by atoms with E-state index < -0.39 is 15.1 Å². The van der Waals surface area contributed by atoms with E-state index >= 15 is 0 Å². The summed E-state index contributed by atoms with van der Waals surface area (Å²) in [6, 6.07) is 3.63. The third-order valence-corrected chi connectivity index (χ3v) is 8.21. The molecule has 0 saturated carbocycles. The highest BCUT2D eigenvalue weighted by molar-refractivity contribution is 9.11. The van der Waals surface area contributed by atoms with Crippen LogP contribution in [0.25, 0.3) is 0 Å². The van der Waals surface area contributed by atoms with E-state index in [4.69, 9.17) is 9.47 Å². The van der Waals surface area contributed by atoms with Crippen LogP contribution >= 0.6 is 31.9 Å². The minimum absolute atomic E-state index is 0.267. The van der Waals surface area contributed by atoms with Gasteiger partial charge >= 0.3 is 0 Å². The first-order chi connectivity index (χ1) is 9.90. The first kappa shape index (κ1) is 17.1. The van der Waals surface area contributed by atoms with Gasteiger partial charge in [-0.15, -0.1) is 0 Å². The van der Waals surface area contributed by atoms with E-state index in [0.29, 0.717) is 17.9 Å². The quantitative estimate of drug-likeness (QED) is 0.665. The molecule has 0 aromatic heterocycles. The van der Waals surface area contributed by atoms with Gasteiger partial charge in [-0.1, -0.05) is 38.3 Å². The molecule has 0 spiro atoms. The van der Waals surface area contributed by atoms with Gasteiger partial charge in [0.15, 0.2) is 21.3 Å². The highest BCUT2D eigenvalue weighted by Crippen LogP contribution is 2.43. The Morgan fingerprint density at radius 2 is 1.81 bits per heavy atom. The Balaban J connectivity index is 2.41. The number of ether oxygens (including phenoxy) is 2. The fraction of sp³-hybridized carbons (Fsp3) is 0.571. The van der Waals surface area contributed by atoms with Crippen LogP contribution in [-0.2, 0) is 9.84 Å². The van der Waals surface area contributed by atoms with Crippen LogP contribution in [0.2, 0.25) is 0 Å². The summed E-state index contributed by atoms with van der Waals surface area (Å²) in [4.78, 5) is -0.267. The van der Waals surface area contributed by atoms with Gasteiger partial charge in [-0.05, 0) is 30.5 Å². The second-order valence-corrected chi connectivity index (χ2v) is 9.21. The zero-order chi connectivity index (χ0) is 15.6. The molecule has 118 valence electrons. The van der Waals surface area contributed by atoms with E-state index in [0.717, 1.165) is 22.9 Å². The van der Waals surface area contributed by atoms with Crippen LogP contribution in [-0.4, -0.2) is 33.6 Å². The molecule has 0 N–H and O–H groups in total. The zero-order valence-corrected chi connectivity index (χ0v) is 15.9. The number of alkyl halides is 1. The van der Waals surface area contributed by atoms with Gasteiger partial charge in [0.05, 0.1) is 30.0 Å². The first-order valence-electron chi connectivity index (χ1n) is 6.67. The molecule has 4 nitrogen and oxygen atoms in total. The number of hydrogen-bond donors (Lipinski definition) is 0. The van der Waals surface area contributed by atoms with Crippen molar-refractivity contribution >= 4 is 41.7 Å². The molecule has 1 aliphatic rings. The van der Waals surface area contributed by atoms with Crippen molar-refractivity contribution in [2.75, 3.05) is 20.0 Å². The average molecular weight is 442 g/mol. The van der Waals surface area contributed by atoms with Crippen molar-refractivity contribution in [2.24, 2.45) is 0 Å². The second-order valence-electron chi connectivity index (χ2n) is 5.03. The Hall–Kier alpha value is -0.270. The molecule has 21 heavy (non-hydrogen) atoms. The van der Waals surface area contributed by atoms with Gasteiger partial charge in [0.2, 0.25) is 0 Å². The lowest BCUT2D eigenvalue weighted by Gasteiger charge is -2.27. The van der Waals surface area contributed by atoms with Crippen LogP contribution in [0.1, 0.15) is 29.7 Å². The van der Waals surface area contributed by atoms with Crippen molar-refractivity contribution in [1.29, 1.82) is 0 Å². The lowest BCUT2D eigenvalue weighted by molar-refractivity contribution is 0.354. The predicted octanol–water partition coefficient (Wildman–Crippen LogP) is 3.87. The maximum Gasteiger partial charge on any atom is 0.161 e. The maximum atomic E-state index is 12.3. The van der Waals surface area contributed by atoms with E-state index in [-0.39, 0.29) is 10.6 Å². The maximum absolute atomic E-state index is 12.3. The molecule has 7 heteroatoms. The van der Waals surface area contributed by atoms with E-state index in [1.54, 1.807) is 20.3 Å². The van der Waals surface area contributed by atoms with Crippen molar-refractivity contribution in [2.45, 2.75) is 29.3 Å². The molecule has 0 radical (unpaired) electrons. The molecule has 2 rings (SSSR count). The number of benzene rings is 1. The van der Waals surface area contributed by atoms with Crippen molar-refractivity contribution in [3.05, 3.63) is 22.2 Å². The van der Waals surface area contributed by atoms with Gasteiger partial charge in [-0.3, -0.25) is 0 Å². The minimum Gasteiger partial charge on any atom is -0.493 e. The third-order valence-electron chi connectivity index (χ3n) is 3.76. The topological polar surface area (TPSA) is 52.6 Å². The number of hydrogen-bond acceptors (Lipinski definition) is 4. The predicted molar refractivity (Wildman–Crippen MR) is 90.3 cm³/mol. The van der Waals surface area contributed by atoms with Gasteiger partial charge in [-0.25, -0.2) is 8.42 Å². The minimum atomic E-state index is -3.06. The van der Waals surface area contributed by atoms with Crippen LogP contribution in [0, 0.1) is 0 Å². The zero-order valence-electron chi connectivity index (χ0n) is 11.9. The molecule has 0 amide bonds. The molecule has 1 aliphatic heterocycles.